The Labute approximate surface area is 137 Å². The molecule has 2 amide bonds. The van der Waals surface area contributed by atoms with Gasteiger partial charge >= 0.3 is 6.03 Å². The topological polar surface area (TPSA) is 78.5 Å². The van der Waals surface area contributed by atoms with E-state index in [-0.39, 0.29) is 12.1 Å². The Kier molecular flexibility index (Phi) is 4.59. The van der Waals surface area contributed by atoms with Crippen LogP contribution < -0.4 is 10.6 Å². The third kappa shape index (κ3) is 4.03. The Morgan fingerprint density at radius 2 is 2.00 bits per heavy atom. The highest BCUT2D eigenvalue weighted by atomic mass is 32.2. The lowest BCUT2D eigenvalue weighted by Gasteiger charge is -2.31. The largest absolute Gasteiger partial charge is 0.334 e. The normalized spacial score (nSPS) is 21.7. The smallest absolute Gasteiger partial charge is 0.319 e. The highest BCUT2D eigenvalue weighted by Gasteiger charge is 2.26. The Balaban J connectivity index is 1.57. The van der Waals surface area contributed by atoms with E-state index in [1.165, 1.54) is 28.1 Å². The first-order chi connectivity index (χ1) is 10.9. The zero-order valence-corrected chi connectivity index (χ0v) is 14.2. The van der Waals surface area contributed by atoms with E-state index in [1.807, 2.05) is 12.1 Å². The molecule has 0 bridgehead atoms. The maximum Gasteiger partial charge on any atom is 0.319 e. The molecule has 7 heteroatoms. The lowest BCUT2D eigenvalue weighted by molar-refractivity contribution is 0.236. The van der Waals surface area contributed by atoms with E-state index < -0.39 is 10.0 Å². The van der Waals surface area contributed by atoms with Crippen molar-refractivity contribution >= 4 is 21.7 Å². The number of benzene rings is 1. The fourth-order valence-corrected chi connectivity index (χ4v) is 4.28. The van der Waals surface area contributed by atoms with Crippen LogP contribution in [0.2, 0.25) is 0 Å². The lowest BCUT2D eigenvalue weighted by atomic mass is 10.1. The summed E-state index contributed by atoms with van der Waals surface area (Å²) in [7, 11) is -3.20. The van der Waals surface area contributed by atoms with E-state index in [2.05, 4.69) is 16.7 Å². The van der Waals surface area contributed by atoms with E-state index in [9.17, 15) is 13.2 Å². The van der Waals surface area contributed by atoms with Gasteiger partial charge in [-0.3, -0.25) is 0 Å². The summed E-state index contributed by atoms with van der Waals surface area (Å²) in [5, 5.41) is 5.74. The van der Waals surface area contributed by atoms with Crippen molar-refractivity contribution in [2.75, 3.05) is 24.7 Å². The molecule has 1 atom stereocenters. The van der Waals surface area contributed by atoms with Gasteiger partial charge in [0.1, 0.15) is 0 Å². The van der Waals surface area contributed by atoms with Crippen LogP contribution >= 0.6 is 0 Å². The molecular weight excluding hydrogens is 314 g/mol. The predicted molar refractivity (Wildman–Crippen MR) is 90.1 cm³/mol. The molecule has 23 heavy (non-hydrogen) atoms. The Bertz CT molecular complexity index is 703. The molecule has 1 aliphatic carbocycles. The summed E-state index contributed by atoms with van der Waals surface area (Å²) < 4.78 is 24.7. The molecule has 1 aromatic rings. The van der Waals surface area contributed by atoms with Gasteiger partial charge in [-0.15, -0.1) is 0 Å². The first-order valence-electron chi connectivity index (χ1n) is 8.06. The number of anilines is 1. The van der Waals surface area contributed by atoms with Crippen LogP contribution in [0.3, 0.4) is 0 Å². The van der Waals surface area contributed by atoms with Gasteiger partial charge in [0.25, 0.3) is 0 Å². The number of nitrogens with one attached hydrogen (secondary N) is 2. The fourth-order valence-electron chi connectivity index (χ4n) is 3.36. The van der Waals surface area contributed by atoms with E-state index in [0.717, 1.165) is 31.4 Å². The Morgan fingerprint density at radius 1 is 1.22 bits per heavy atom. The summed E-state index contributed by atoms with van der Waals surface area (Å²) in [5.41, 5.74) is 3.47. The van der Waals surface area contributed by atoms with Crippen LogP contribution in [0.15, 0.2) is 18.2 Å². The summed E-state index contributed by atoms with van der Waals surface area (Å²) in [6, 6.07) is 5.61. The minimum Gasteiger partial charge on any atom is -0.334 e. The van der Waals surface area contributed by atoms with Crippen molar-refractivity contribution in [3.05, 3.63) is 29.3 Å². The van der Waals surface area contributed by atoms with Crippen molar-refractivity contribution in [3.8, 4) is 0 Å². The number of amides is 2. The summed E-state index contributed by atoms with van der Waals surface area (Å²) in [6.07, 6.45) is 6.12. The Hall–Kier alpha value is -1.60. The van der Waals surface area contributed by atoms with Crippen molar-refractivity contribution in [1.29, 1.82) is 0 Å². The highest BCUT2D eigenvalue weighted by molar-refractivity contribution is 7.88. The number of carbonyl (C=O) groups is 1. The van der Waals surface area contributed by atoms with Crippen LogP contribution in [0.4, 0.5) is 10.5 Å². The quantitative estimate of drug-likeness (QED) is 0.881. The van der Waals surface area contributed by atoms with Crippen LogP contribution in [0.1, 0.15) is 30.4 Å². The molecule has 0 saturated carbocycles. The zero-order valence-electron chi connectivity index (χ0n) is 13.3. The van der Waals surface area contributed by atoms with Crippen molar-refractivity contribution in [2.24, 2.45) is 0 Å². The highest BCUT2D eigenvalue weighted by Crippen LogP contribution is 2.24. The molecule has 1 aliphatic heterocycles. The number of urea groups is 1. The number of sulfonamides is 1. The van der Waals surface area contributed by atoms with Gasteiger partial charge in [0, 0.05) is 24.8 Å². The van der Waals surface area contributed by atoms with Crippen molar-refractivity contribution < 1.29 is 13.2 Å². The molecule has 3 rings (SSSR count). The molecule has 1 saturated heterocycles. The summed E-state index contributed by atoms with van der Waals surface area (Å²) in [6.45, 7) is 0.875. The number of piperidine rings is 1. The summed E-state index contributed by atoms with van der Waals surface area (Å²) in [5.74, 6) is 0. The van der Waals surface area contributed by atoms with E-state index in [1.54, 1.807) is 0 Å². The van der Waals surface area contributed by atoms with E-state index in [4.69, 9.17) is 0 Å². The number of aryl methyl sites for hydroxylation is 2. The zero-order chi connectivity index (χ0) is 16.4. The standard InChI is InChI=1S/C16H23N3O3S/c1-23(21,22)19-9-3-6-15(11-19)18-16(20)17-14-8-7-12-4-2-5-13(12)10-14/h7-8,10,15H,2-6,9,11H2,1H3,(H2,17,18,20)/t15-/m0/s1. The van der Waals surface area contributed by atoms with Gasteiger partial charge in [-0.2, -0.15) is 0 Å². The summed E-state index contributed by atoms with van der Waals surface area (Å²) >= 11 is 0. The van der Waals surface area contributed by atoms with Crippen LogP contribution in [0, 0.1) is 0 Å². The molecule has 1 aromatic carbocycles. The van der Waals surface area contributed by atoms with Gasteiger partial charge in [0.15, 0.2) is 0 Å². The second kappa shape index (κ2) is 6.49. The second-order valence-electron chi connectivity index (χ2n) is 6.40. The molecule has 0 radical (unpaired) electrons. The molecule has 0 unspecified atom stereocenters. The predicted octanol–water partition coefficient (Wildman–Crippen LogP) is 1.72. The SMILES string of the molecule is CS(=O)(=O)N1CCC[C@H](NC(=O)Nc2ccc3c(c2)CCC3)C1. The first-order valence-corrected chi connectivity index (χ1v) is 9.91. The Morgan fingerprint density at radius 3 is 2.78 bits per heavy atom. The van der Waals surface area contributed by atoms with Crippen LogP contribution in [-0.4, -0.2) is 44.1 Å². The molecule has 1 fully saturated rings. The van der Waals surface area contributed by atoms with Crippen LogP contribution in [0.5, 0.6) is 0 Å². The van der Waals surface area contributed by atoms with Gasteiger partial charge < -0.3 is 10.6 Å². The van der Waals surface area contributed by atoms with Crippen molar-refractivity contribution in [2.45, 2.75) is 38.1 Å². The van der Waals surface area contributed by atoms with Gasteiger partial charge in [-0.25, -0.2) is 17.5 Å². The van der Waals surface area contributed by atoms with Gasteiger partial charge in [-0.05, 0) is 55.4 Å². The van der Waals surface area contributed by atoms with Crippen molar-refractivity contribution in [3.63, 3.8) is 0 Å². The van der Waals surface area contributed by atoms with E-state index in [0.29, 0.717) is 13.1 Å². The van der Waals surface area contributed by atoms with Gasteiger partial charge in [-0.1, -0.05) is 6.07 Å². The monoisotopic (exact) mass is 337 g/mol. The van der Waals surface area contributed by atoms with Crippen molar-refractivity contribution in [1.82, 2.24) is 9.62 Å². The lowest BCUT2D eigenvalue weighted by Crippen LogP contribution is -2.50. The second-order valence-corrected chi connectivity index (χ2v) is 8.38. The van der Waals surface area contributed by atoms with Crippen LogP contribution in [0.25, 0.3) is 0 Å². The number of fused-ring (bicyclic) bond motifs is 1. The minimum absolute atomic E-state index is 0.145. The third-order valence-electron chi connectivity index (χ3n) is 4.54. The molecule has 0 aromatic heterocycles. The number of hydrogen-bond acceptors (Lipinski definition) is 3. The maximum atomic E-state index is 12.1. The third-order valence-corrected chi connectivity index (χ3v) is 5.81. The average molecular weight is 337 g/mol. The maximum absolute atomic E-state index is 12.1. The molecular formula is C16H23N3O3S. The van der Waals surface area contributed by atoms with Crippen LogP contribution in [-0.2, 0) is 22.9 Å². The fraction of sp³-hybridized carbons (Fsp3) is 0.562. The number of carbonyl (C=O) groups excluding carboxylic acids is 1. The number of nitrogens with zero attached hydrogens (tertiary/aromatic N) is 1. The first kappa shape index (κ1) is 16.3. The number of hydrogen-bond donors (Lipinski definition) is 2. The van der Waals surface area contributed by atoms with Gasteiger partial charge in [0.2, 0.25) is 10.0 Å². The molecule has 0 spiro atoms. The molecule has 1 heterocycles. The molecule has 6 nitrogen and oxygen atoms in total. The molecule has 126 valence electrons. The molecule has 2 aliphatic rings. The van der Waals surface area contributed by atoms with Gasteiger partial charge in [0.05, 0.1) is 6.26 Å². The average Bonchev–Trinajstić information content (AvgIpc) is 2.94. The summed E-state index contributed by atoms with van der Waals surface area (Å²) in [4.78, 5) is 12.1. The van der Waals surface area contributed by atoms with E-state index >= 15 is 0 Å². The molecule has 2 N–H and O–H groups in total. The number of rotatable bonds is 3. The minimum atomic E-state index is -3.20.